The number of allylic oxidation sites excluding steroid dienone is 1. The van der Waals surface area contributed by atoms with Gasteiger partial charge in [0.1, 0.15) is 17.2 Å². The van der Waals surface area contributed by atoms with Crippen LogP contribution in [0.2, 0.25) is 0 Å². The summed E-state index contributed by atoms with van der Waals surface area (Å²) in [5.41, 5.74) is 3.68. The molecule has 0 saturated heterocycles. The van der Waals surface area contributed by atoms with Gasteiger partial charge in [0, 0.05) is 35.5 Å². The van der Waals surface area contributed by atoms with Crippen LogP contribution in [0, 0.1) is 11.8 Å². The molecule has 0 saturated carbocycles. The molecule has 0 bridgehead atoms. The number of benzene rings is 2. The van der Waals surface area contributed by atoms with Crippen LogP contribution in [0.3, 0.4) is 0 Å². The third kappa shape index (κ3) is 5.14. The van der Waals surface area contributed by atoms with Crippen LogP contribution in [-0.2, 0) is 6.42 Å². The number of hydrogen-bond acceptors (Lipinski definition) is 4. The molecule has 190 valence electrons. The number of fused-ring (bicyclic) bond motifs is 1. The maximum atomic E-state index is 14.5. The number of furan rings is 1. The Labute approximate surface area is 213 Å². The van der Waals surface area contributed by atoms with Crippen LogP contribution >= 0.6 is 0 Å². The predicted octanol–water partition coefficient (Wildman–Crippen LogP) is 6.41. The number of nitrogens with one attached hydrogen (secondary N) is 2. The average Bonchev–Trinajstić information content (AvgIpc) is 3.26. The lowest BCUT2D eigenvalue weighted by atomic mass is 9.94. The monoisotopic (exact) mass is 503 g/mol. The molecule has 2 amide bonds. The molecule has 2 heterocycles. The Morgan fingerprint density at radius 1 is 1.03 bits per heavy atom. The Kier molecular flexibility index (Phi) is 7.47. The SMILES string of the molecule is C=C(CC)NC(=O)c1cc(-c2cc3c(C(=O)NC)c(-c4ccc(F)cc4)oc3cc2CCC)cnc1F. The van der Waals surface area contributed by atoms with Gasteiger partial charge in [-0.05, 0) is 66.4 Å². The van der Waals surface area contributed by atoms with Crippen LogP contribution < -0.4 is 10.6 Å². The Hall–Kier alpha value is -4.33. The van der Waals surface area contributed by atoms with Gasteiger partial charge in [-0.3, -0.25) is 9.59 Å². The summed E-state index contributed by atoms with van der Waals surface area (Å²) in [7, 11) is 1.51. The van der Waals surface area contributed by atoms with Crippen molar-refractivity contribution < 1.29 is 22.8 Å². The largest absolute Gasteiger partial charge is 0.455 e. The van der Waals surface area contributed by atoms with E-state index in [0.717, 1.165) is 12.0 Å². The zero-order chi connectivity index (χ0) is 26.7. The predicted molar refractivity (Wildman–Crippen MR) is 139 cm³/mol. The van der Waals surface area contributed by atoms with Crippen LogP contribution in [0.4, 0.5) is 8.78 Å². The fraction of sp³-hybridized carbons (Fsp3) is 0.207. The van der Waals surface area contributed by atoms with Gasteiger partial charge in [0.15, 0.2) is 0 Å². The molecule has 0 aliphatic heterocycles. The minimum atomic E-state index is -0.892. The molecule has 6 nitrogen and oxygen atoms in total. The summed E-state index contributed by atoms with van der Waals surface area (Å²) in [4.78, 5) is 29.5. The van der Waals surface area contributed by atoms with E-state index in [0.29, 0.717) is 57.5 Å². The van der Waals surface area contributed by atoms with Crippen molar-refractivity contribution >= 4 is 22.8 Å². The van der Waals surface area contributed by atoms with E-state index in [1.165, 1.54) is 31.4 Å². The third-order valence-corrected chi connectivity index (χ3v) is 6.11. The zero-order valence-corrected chi connectivity index (χ0v) is 20.9. The quantitative estimate of drug-likeness (QED) is 0.272. The van der Waals surface area contributed by atoms with Crippen LogP contribution in [0.5, 0.6) is 0 Å². The molecular formula is C29H27F2N3O3. The number of rotatable bonds is 8. The van der Waals surface area contributed by atoms with Crippen LogP contribution in [0.25, 0.3) is 33.4 Å². The molecule has 4 aromatic rings. The maximum absolute atomic E-state index is 14.5. The van der Waals surface area contributed by atoms with Crippen molar-refractivity contribution in [2.24, 2.45) is 0 Å². The summed E-state index contributed by atoms with van der Waals surface area (Å²) in [6, 6.07) is 10.8. The van der Waals surface area contributed by atoms with E-state index in [9.17, 15) is 18.4 Å². The molecule has 8 heteroatoms. The number of carbonyl (C=O) groups excluding carboxylic acids is 2. The van der Waals surface area contributed by atoms with Gasteiger partial charge in [0.25, 0.3) is 11.8 Å². The smallest absolute Gasteiger partial charge is 0.260 e. The number of carbonyl (C=O) groups is 2. The van der Waals surface area contributed by atoms with Gasteiger partial charge in [-0.15, -0.1) is 0 Å². The van der Waals surface area contributed by atoms with E-state index < -0.39 is 17.7 Å². The lowest BCUT2D eigenvalue weighted by Gasteiger charge is -2.12. The van der Waals surface area contributed by atoms with Crippen molar-refractivity contribution in [1.29, 1.82) is 0 Å². The molecule has 37 heavy (non-hydrogen) atoms. The second-order valence-electron chi connectivity index (χ2n) is 8.62. The van der Waals surface area contributed by atoms with E-state index in [1.807, 2.05) is 19.9 Å². The van der Waals surface area contributed by atoms with Crippen LogP contribution in [-0.4, -0.2) is 23.8 Å². The van der Waals surface area contributed by atoms with Gasteiger partial charge < -0.3 is 15.1 Å². The number of hydrogen-bond donors (Lipinski definition) is 2. The average molecular weight is 504 g/mol. The number of amides is 2. The second-order valence-corrected chi connectivity index (χ2v) is 8.62. The topological polar surface area (TPSA) is 84.2 Å². The van der Waals surface area contributed by atoms with Gasteiger partial charge in [-0.25, -0.2) is 9.37 Å². The van der Waals surface area contributed by atoms with Crippen molar-refractivity contribution in [3.05, 3.63) is 89.4 Å². The fourth-order valence-corrected chi connectivity index (χ4v) is 4.16. The number of aryl methyl sites for hydroxylation is 1. The summed E-state index contributed by atoms with van der Waals surface area (Å²) < 4.78 is 34.2. The number of aromatic nitrogens is 1. The molecule has 2 aromatic carbocycles. The standard InChI is InChI=1S/C29H27F2N3O3/c1-5-7-18-13-24-22(25(29(36)32-4)26(37-24)17-8-10-20(30)11-9-17)14-21(18)19-12-23(27(31)33-15-19)28(35)34-16(3)6-2/h8-15H,3,5-7H2,1-2,4H3,(H,32,36)(H,34,35). The fourth-order valence-electron chi connectivity index (χ4n) is 4.16. The lowest BCUT2D eigenvalue weighted by molar-refractivity contribution is 0.0953. The van der Waals surface area contributed by atoms with Gasteiger partial charge in [-0.1, -0.05) is 26.8 Å². The first-order valence-electron chi connectivity index (χ1n) is 12.0. The Morgan fingerprint density at radius 2 is 1.76 bits per heavy atom. The van der Waals surface area contributed by atoms with E-state index in [1.54, 1.807) is 18.2 Å². The normalized spacial score (nSPS) is 10.9. The van der Waals surface area contributed by atoms with Crippen molar-refractivity contribution in [1.82, 2.24) is 15.6 Å². The molecule has 0 radical (unpaired) electrons. The minimum absolute atomic E-state index is 0.208. The molecule has 0 aliphatic rings. The van der Waals surface area contributed by atoms with E-state index in [4.69, 9.17) is 4.42 Å². The highest BCUT2D eigenvalue weighted by Crippen LogP contribution is 2.38. The first-order chi connectivity index (χ1) is 17.8. The first-order valence-corrected chi connectivity index (χ1v) is 12.0. The molecule has 0 fully saturated rings. The van der Waals surface area contributed by atoms with Crippen molar-refractivity contribution in [2.75, 3.05) is 7.05 Å². The third-order valence-electron chi connectivity index (χ3n) is 6.11. The van der Waals surface area contributed by atoms with Gasteiger partial charge in [-0.2, -0.15) is 4.39 Å². The van der Waals surface area contributed by atoms with E-state index in [2.05, 4.69) is 22.2 Å². The van der Waals surface area contributed by atoms with Crippen molar-refractivity contribution in [2.45, 2.75) is 33.1 Å². The molecule has 0 spiro atoms. The van der Waals surface area contributed by atoms with Gasteiger partial charge in [0.05, 0.1) is 11.1 Å². The summed E-state index contributed by atoms with van der Waals surface area (Å²) in [6.07, 6.45) is 3.35. The summed E-state index contributed by atoms with van der Waals surface area (Å²) in [6.45, 7) is 7.59. The molecule has 0 atom stereocenters. The highest BCUT2D eigenvalue weighted by Gasteiger charge is 2.24. The zero-order valence-electron chi connectivity index (χ0n) is 20.9. The number of halogens is 2. The first kappa shape index (κ1) is 25.8. The van der Waals surface area contributed by atoms with Crippen molar-refractivity contribution in [3.8, 4) is 22.5 Å². The molecule has 4 rings (SSSR count). The molecule has 2 aromatic heterocycles. The van der Waals surface area contributed by atoms with Gasteiger partial charge >= 0.3 is 0 Å². The Bertz CT molecular complexity index is 1510. The van der Waals surface area contributed by atoms with Crippen LogP contribution in [0.1, 0.15) is 53.0 Å². The highest BCUT2D eigenvalue weighted by atomic mass is 19.1. The number of nitrogens with zero attached hydrogens (tertiary/aromatic N) is 1. The molecule has 0 aliphatic carbocycles. The molecule has 2 N–H and O–H groups in total. The minimum Gasteiger partial charge on any atom is -0.455 e. The summed E-state index contributed by atoms with van der Waals surface area (Å²) in [5, 5.41) is 5.75. The molecule has 0 unspecified atom stereocenters. The molecular weight excluding hydrogens is 476 g/mol. The Morgan fingerprint density at radius 3 is 2.41 bits per heavy atom. The number of pyridine rings is 1. The Balaban J connectivity index is 1.94. The van der Waals surface area contributed by atoms with E-state index in [-0.39, 0.29) is 11.5 Å². The summed E-state index contributed by atoms with van der Waals surface area (Å²) in [5.74, 6) is -1.99. The summed E-state index contributed by atoms with van der Waals surface area (Å²) >= 11 is 0. The van der Waals surface area contributed by atoms with Crippen molar-refractivity contribution in [3.63, 3.8) is 0 Å². The van der Waals surface area contributed by atoms with E-state index >= 15 is 0 Å². The lowest BCUT2D eigenvalue weighted by Crippen LogP contribution is -2.23. The van der Waals surface area contributed by atoms with Gasteiger partial charge in [0.2, 0.25) is 5.95 Å². The maximum Gasteiger partial charge on any atom is 0.260 e. The highest BCUT2D eigenvalue weighted by molar-refractivity contribution is 6.12. The van der Waals surface area contributed by atoms with Crippen LogP contribution in [0.15, 0.2) is 65.4 Å². The second kappa shape index (κ2) is 10.7.